The number of hydrogen-bond donors (Lipinski definition) is 3. The lowest BCUT2D eigenvalue weighted by Gasteiger charge is -2.26. The second kappa shape index (κ2) is 4.16. The second-order valence-electron chi connectivity index (χ2n) is 3.84. The van der Waals surface area contributed by atoms with Crippen LogP contribution in [0, 0.1) is 12.7 Å². The van der Waals surface area contributed by atoms with Crippen molar-refractivity contribution in [2.45, 2.75) is 13.0 Å². The Morgan fingerprint density at radius 3 is 2.87 bits per heavy atom. The maximum Gasteiger partial charge on any atom is 0.165 e. The van der Waals surface area contributed by atoms with Crippen molar-refractivity contribution < 1.29 is 9.50 Å². The molecule has 2 rings (SSSR count). The van der Waals surface area contributed by atoms with Crippen molar-refractivity contribution in [3.05, 3.63) is 29.1 Å². The number of aromatic hydroxyl groups is 1. The molecule has 0 radical (unpaired) electrons. The van der Waals surface area contributed by atoms with Crippen molar-refractivity contribution in [2.24, 2.45) is 0 Å². The largest absolute Gasteiger partial charge is 0.505 e. The third-order valence-corrected chi connectivity index (χ3v) is 2.78. The first-order valence-corrected chi connectivity index (χ1v) is 5.12. The highest BCUT2D eigenvalue weighted by molar-refractivity contribution is 5.42. The summed E-state index contributed by atoms with van der Waals surface area (Å²) in [6, 6.07) is 2.99. The van der Waals surface area contributed by atoms with Crippen LogP contribution in [0.3, 0.4) is 0 Å². The molecule has 1 aliphatic rings. The van der Waals surface area contributed by atoms with E-state index in [0.29, 0.717) is 5.56 Å². The van der Waals surface area contributed by atoms with Crippen LogP contribution in [0.1, 0.15) is 17.2 Å². The Labute approximate surface area is 88.3 Å². The number of phenols is 1. The summed E-state index contributed by atoms with van der Waals surface area (Å²) in [7, 11) is 0. The van der Waals surface area contributed by atoms with E-state index in [-0.39, 0.29) is 11.8 Å². The Bertz CT molecular complexity index is 362. The number of nitrogens with one attached hydrogen (secondary N) is 2. The van der Waals surface area contributed by atoms with Gasteiger partial charge in [-0.3, -0.25) is 0 Å². The quantitative estimate of drug-likeness (QED) is 0.649. The fourth-order valence-electron chi connectivity index (χ4n) is 1.98. The van der Waals surface area contributed by atoms with Gasteiger partial charge < -0.3 is 15.7 Å². The van der Waals surface area contributed by atoms with E-state index in [2.05, 4.69) is 10.6 Å². The lowest BCUT2D eigenvalue weighted by Crippen LogP contribution is -2.42. The summed E-state index contributed by atoms with van der Waals surface area (Å²) >= 11 is 0. The highest BCUT2D eigenvalue weighted by Crippen LogP contribution is 2.30. The Balaban J connectivity index is 2.36. The summed E-state index contributed by atoms with van der Waals surface area (Å²) in [4.78, 5) is 0. The Morgan fingerprint density at radius 2 is 2.20 bits per heavy atom. The SMILES string of the molecule is Cc1ccc(F)c(O)c1[C@H]1CNCCN1. The standard InChI is InChI=1S/C11H15FN2O/c1-7-2-3-8(12)11(15)10(7)9-6-13-4-5-14-9/h2-3,9,13-15H,4-6H2,1H3/t9-/m1/s1. The fourth-order valence-corrected chi connectivity index (χ4v) is 1.98. The average Bonchev–Trinajstić information content (AvgIpc) is 2.26. The van der Waals surface area contributed by atoms with Gasteiger partial charge in [-0.15, -0.1) is 0 Å². The van der Waals surface area contributed by atoms with Gasteiger partial charge in [0.25, 0.3) is 0 Å². The average molecular weight is 210 g/mol. The lowest BCUT2D eigenvalue weighted by molar-refractivity contribution is 0.386. The van der Waals surface area contributed by atoms with Crippen molar-refractivity contribution in [1.29, 1.82) is 0 Å². The van der Waals surface area contributed by atoms with Crippen LogP contribution in [0.2, 0.25) is 0 Å². The normalized spacial score (nSPS) is 21.6. The topological polar surface area (TPSA) is 44.3 Å². The Kier molecular flexibility index (Phi) is 2.88. The monoisotopic (exact) mass is 210 g/mol. The number of aryl methyl sites for hydroxylation is 1. The fraction of sp³-hybridized carbons (Fsp3) is 0.455. The van der Waals surface area contributed by atoms with Gasteiger partial charge in [0.1, 0.15) is 0 Å². The van der Waals surface area contributed by atoms with Gasteiger partial charge in [-0.1, -0.05) is 6.07 Å². The summed E-state index contributed by atoms with van der Waals surface area (Å²) in [5.41, 5.74) is 1.58. The van der Waals surface area contributed by atoms with E-state index in [1.165, 1.54) is 6.07 Å². The first-order valence-electron chi connectivity index (χ1n) is 5.12. The number of hydrogen-bond acceptors (Lipinski definition) is 3. The van der Waals surface area contributed by atoms with Crippen molar-refractivity contribution in [3.63, 3.8) is 0 Å². The van der Waals surface area contributed by atoms with Crippen LogP contribution in [0.5, 0.6) is 5.75 Å². The highest BCUT2D eigenvalue weighted by atomic mass is 19.1. The van der Waals surface area contributed by atoms with E-state index >= 15 is 0 Å². The van der Waals surface area contributed by atoms with Gasteiger partial charge in [0.2, 0.25) is 0 Å². The first-order chi connectivity index (χ1) is 7.20. The summed E-state index contributed by atoms with van der Waals surface area (Å²) in [6.45, 7) is 4.34. The van der Waals surface area contributed by atoms with Crippen molar-refractivity contribution in [1.82, 2.24) is 10.6 Å². The molecule has 0 amide bonds. The molecule has 15 heavy (non-hydrogen) atoms. The number of phenolic OH excluding ortho intramolecular Hbond substituents is 1. The lowest BCUT2D eigenvalue weighted by atomic mass is 9.98. The number of halogens is 1. The molecule has 1 aromatic carbocycles. The minimum absolute atomic E-state index is 0.00514. The maximum atomic E-state index is 13.2. The van der Waals surface area contributed by atoms with Crippen LogP contribution < -0.4 is 10.6 Å². The Hall–Kier alpha value is -1.13. The molecule has 82 valence electrons. The molecule has 0 unspecified atom stereocenters. The molecular weight excluding hydrogens is 195 g/mol. The minimum atomic E-state index is -0.553. The van der Waals surface area contributed by atoms with Gasteiger partial charge in [0.15, 0.2) is 11.6 Å². The smallest absolute Gasteiger partial charge is 0.165 e. The number of piperazine rings is 1. The molecule has 3 nitrogen and oxygen atoms in total. The summed E-state index contributed by atoms with van der Waals surface area (Å²) in [5, 5.41) is 16.2. The number of rotatable bonds is 1. The van der Waals surface area contributed by atoms with Crippen molar-refractivity contribution in [3.8, 4) is 5.75 Å². The molecule has 1 saturated heterocycles. The third-order valence-electron chi connectivity index (χ3n) is 2.78. The highest BCUT2D eigenvalue weighted by Gasteiger charge is 2.21. The predicted molar refractivity (Wildman–Crippen MR) is 56.4 cm³/mol. The van der Waals surface area contributed by atoms with E-state index < -0.39 is 5.82 Å². The molecule has 1 heterocycles. The zero-order valence-electron chi connectivity index (χ0n) is 8.68. The molecule has 4 heteroatoms. The van der Waals surface area contributed by atoms with Crippen LogP contribution in [0.25, 0.3) is 0 Å². The van der Waals surface area contributed by atoms with Crippen LogP contribution in [0.4, 0.5) is 4.39 Å². The van der Waals surface area contributed by atoms with Gasteiger partial charge in [-0.2, -0.15) is 0 Å². The summed E-state index contributed by atoms with van der Waals surface area (Å²) in [5.74, 6) is -0.779. The maximum absolute atomic E-state index is 13.2. The van der Waals surface area contributed by atoms with E-state index in [9.17, 15) is 9.50 Å². The van der Waals surface area contributed by atoms with Gasteiger partial charge in [0.05, 0.1) is 0 Å². The zero-order valence-corrected chi connectivity index (χ0v) is 8.68. The Morgan fingerprint density at radius 1 is 1.40 bits per heavy atom. The molecule has 0 spiro atoms. The third kappa shape index (κ3) is 1.96. The molecule has 0 saturated carbocycles. The molecule has 0 aliphatic carbocycles. The van der Waals surface area contributed by atoms with Gasteiger partial charge >= 0.3 is 0 Å². The molecule has 0 aromatic heterocycles. The van der Waals surface area contributed by atoms with Crippen molar-refractivity contribution in [2.75, 3.05) is 19.6 Å². The predicted octanol–water partition coefficient (Wildman–Crippen LogP) is 1.07. The van der Waals surface area contributed by atoms with Crippen LogP contribution in [0.15, 0.2) is 12.1 Å². The molecule has 1 atom stereocenters. The van der Waals surface area contributed by atoms with Crippen LogP contribution in [-0.4, -0.2) is 24.7 Å². The first kappa shape index (κ1) is 10.4. The molecule has 1 fully saturated rings. The van der Waals surface area contributed by atoms with Gasteiger partial charge in [-0.25, -0.2) is 4.39 Å². The van der Waals surface area contributed by atoms with E-state index in [4.69, 9.17) is 0 Å². The van der Waals surface area contributed by atoms with Crippen LogP contribution in [-0.2, 0) is 0 Å². The molecular formula is C11H15FN2O. The molecule has 1 aliphatic heterocycles. The molecule has 0 bridgehead atoms. The van der Waals surface area contributed by atoms with Crippen molar-refractivity contribution >= 4 is 0 Å². The van der Waals surface area contributed by atoms with E-state index in [1.54, 1.807) is 6.07 Å². The van der Waals surface area contributed by atoms with Gasteiger partial charge in [0, 0.05) is 31.2 Å². The summed E-state index contributed by atoms with van der Waals surface area (Å²) < 4.78 is 13.2. The van der Waals surface area contributed by atoms with Gasteiger partial charge in [-0.05, 0) is 18.6 Å². The van der Waals surface area contributed by atoms with Crippen LogP contribution >= 0.6 is 0 Å². The van der Waals surface area contributed by atoms with E-state index in [1.807, 2.05) is 6.92 Å². The second-order valence-corrected chi connectivity index (χ2v) is 3.84. The van der Waals surface area contributed by atoms with E-state index in [0.717, 1.165) is 25.2 Å². The molecule has 3 N–H and O–H groups in total. The summed E-state index contributed by atoms with van der Waals surface area (Å²) in [6.07, 6.45) is 0. The zero-order chi connectivity index (χ0) is 10.8. The number of benzene rings is 1. The minimum Gasteiger partial charge on any atom is -0.505 e. The molecule has 1 aromatic rings.